The highest BCUT2D eigenvalue weighted by Gasteiger charge is 2.51. The summed E-state index contributed by atoms with van der Waals surface area (Å²) in [5.74, 6) is -2.54. The zero-order chi connectivity index (χ0) is 22.9. The second kappa shape index (κ2) is 8.22. The molecule has 0 radical (unpaired) electrons. The molecule has 1 aliphatic heterocycles. The molecule has 8 heteroatoms. The van der Waals surface area contributed by atoms with Gasteiger partial charge in [0, 0.05) is 29.4 Å². The maximum Gasteiger partial charge on any atom is 0.259 e. The molecule has 1 atom stereocenters. The van der Waals surface area contributed by atoms with Crippen molar-refractivity contribution in [1.82, 2.24) is 10.6 Å². The zero-order valence-electron chi connectivity index (χ0n) is 17.1. The minimum Gasteiger partial charge on any atom is -0.349 e. The summed E-state index contributed by atoms with van der Waals surface area (Å²) in [5, 5.41) is 5.43. The summed E-state index contributed by atoms with van der Waals surface area (Å²) in [7, 11) is 1.58. The van der Waals surface area contributed by atoms with Crippen molar-refractivity contribution in [3.05, 3.63) is 101 Å². The first kappa shape index (κ1) is 21.2. The third-order valence-corrected chi connectivity index (χ3v) is 5.45. The van der Waals surface area contributed by atoms with Gasteiger partial charge in [-0.2, -0.15) is 0 Å². The van der Waals surface area contributed by atoms with Crippen molar-refractivity contribution in [2.45, 2.75) is 5.54 Å². The van der Waals surface area contributed by atoms with Gasteiger partial charge in [-0.25, -0.2) is 8.78 Å². The van der Waals surface area contributed by atoms with E-state index in [9.17, 15) is 23.2 Å². The van der Waals surface area contributed by atoms with Gasteiger partial charge in [0.15, 0.2) is 5.54 Å². The lowest BCUT2D eigenvalue weighted by molar-refractivity contribution is -0.123. The smallest absolute Gasteiger partial charge is 0.259 e. The third-order valence-electron chi connectivity index (χ3n) is 5.45. The maximum absolute atomic E-state index is 13.3. The van der Waals surface area contributed by atoms with Crippen LogP contribution in [0.5, 0.6) is 0 Å². The molecule has 6 nitrogen and oxygen atoms in total. The Balaban J connectivity index is 1.68. The topological polar surface area (TPSA) is 78.5 Å². The molecule has 0 saturated carbocycles. The van der Waals surface area contributed by atoms with Crippen LogP contribution >= 0.6 is 0 Å². The number of hydrogen-bond donors (Lipinski definition) is 2. The Morgan fingerprint density at radius 2 is 1.38 bits per heavy atom. The van der Waals surface area contributed by atoms with E-state index in [4.69, 9.17) is 0 Å². The Morgan fingerprint density at radius 3 is 1.97 bits per heavy atom. The number of halogens is 2. The van der Waals surface area contributed by atoms with Gasteiger partial charge in [0.05, 0.1) is 6.54 Å². The lowest BCUT2D eigenvalue weighted by Crippen LogP contribution is -2.58. The van der Waals surface area contributed by atoms with Crippen LogP contribution in [0, 0.1) is 11.6 Å². The first-order valence-electron chi connectivity index (χ1n) is 9.81. The first-order chi connectivity index (χ1) is 15.3. The van der Waals surface area contributed by atoms with E-state index in [-0.39, 0.29) is 17.7 Å². The number of fused-ring (bicyclic) bond motifs is 1. The summed E-state index contributed by atoms with van der Waals surface area (Å²) in [6.07, 6.45) is 0. The fraction of sp³-hybridized carbons (Fsp3) is 0.125. The fourth-order valence-corrected chi connectivity index (χ4v) is 3.76. The van der Waals surface area contributed by atoms with Crippen LogP contribution in [0.3, 0.4) is 0 Å². The summed E-state index contributed by atoms with van der Waals surface area (Å²) in [6, 6.07) is 16.8. The van der Waals surface area contributed by atoms with Gasteiger partial charge in [-0.3, -0.25) is 14.4 Å². The molecule has 0 spiro atoms. The Bertz CT molecular complexity index is 1200. The second-order valence-electron chi connectivity index (χ2n) is 7.44. The van der Waals surface area contributed by atoms with E-state index >= 15 is 0 Å². The molecule has 1 unspecified atom stereocenters. The van der Waals surface area contributed by atoms with Gasteiger partial charge in [-0.05, 0) is 54.6 Å². The summed E-state index contributed by atoms with van der Waals surface area (Å²) in [6.45, 7) is -0.240. The summed E-state index contributed by atoms with van der Waals surface area (Å²) >= 11 is 0. The Hall–Kier alpha value is -4.07. The number of para-hydroxylation sites is 1. The Kier molecular flexibility index (Phi) is 5.44. The van der Waals surface area contributed by atoms with Crippen molar-refractivity contribution >= 4 is 23.4 Å². The average Bonchev–Trinajstić information content (AvgIpc) is 3.01. The number of likely N-dealkylation sites (N-methyl/N-ethyl adjacent to an activating group) is 1. The minimum atomic E-state index is -1.58. The minimum absolute atomic E-state index is 0.162. The molecule has 3 amide bonds. The number of rotatable bonds is 5. The van der Waals surface area contributed by atoms with E-state index < -0.39 is 34.9 Å². The van der Waals surface area contributed by atoms with Crippen molar-refractivity contribution in [3.8, 4) is 0 Å². The van der Waals surface area contributed by atoms with Crippen molar-refractivity contribution in [3.63, 3.8) is 0 Å². The van der Waals surface area contributed by atoms with E-state index in [1.165, 1.54) is 29.2 Å². The van der Waals surface area contributed by atoms with Crippen LogP contribution in [-0.4, -0.2) is 31.3 Å². The number of benzene rings is 3. The van der Waals surface area contributed by atoms with Crippen molar-refractivity contribution in [1.29, 1.82) is 0 Å². The molecule has 162 valence electrons. The van der Waals surface area contributed by atoms with Crippen molar-refractivity contribution in [2.75, 3.05) is 18.5 Å². The van der Waals surface area contributed by atoms with Gasteiger partial charge in [-0.1, -0.05) is 18.2 Å². The summed E-state index contributed by atoms with van der Waals surface area (Å²) < 4.78 is 26.5. The summed E-state index contributed by atoms with van der Waals surface area (Å²) in [4.78, 5) is 40.4. The predicted octanol–water partition coefficient (Wildman–Crippen LogP) is 3.00. The average molecular weight is 435 g/mol. The fourth-order valence-electron chi connectivity index (χ4n) is 3.76. The molecule has 4 rings (SSSR count). The first-order valence-corrected chi connectivity index (χ1v) is 9.81. The molecular formula is C24H19F2N3O3. The highest BCUT2D eigenvalue weighted by Crippen LogP contribution is 2.39. The molecule has 1 heterocycles. The Morgan fingerprint density at radius 1 is 0.844 bits per heavy atom. The number of carbonyl (C=O) groups is 3. The van der Waals surface area contributed by atoms with Crippen molar-refractivity contribution < 1.29 is 23.2 Å². The number of carbonyl (C=O) groups excluding carboxylic acids is 3. The van der Waals surface area contributed by atoms with E-state index in [1.54, 1.807) is 31.3 Å². The standard InChI is InChI=1S/C24H19F2N3O3/c1-29-20-5-3-2-4-19(20)24(23(29)32,28-22(31)16-8-12-18(26)13-9-16)14-27-21(30)15-6-10-17(25)11-7-15/h2-13H,14H2,1H3,(H,27,30)(H,28,31). The van der Waals surface area contributed by atoms with Gasteiger partial charge in [-0.15, -0.1) is 0 Å². The molecular weight excluding hydrogens is 416 g/mol. The highest BCUT2D eigenvalue weighted by molar-refractivity contribution is 6.11. The van der Waals surface area contributed by atoms with E-state index in [2.05, 4.69) is 10.6 Å². The van der Waals surface area contributed by atoms with E-state index in [1.807, 2.05) is 0 Å². The van der Waals surface area contributed by atoms with Gasteiger partial charge >= 0.3 is 0 Å². The van der Waals surface area contributed by atoms with Crippen LogP contribution in [0.15, 0.2) is 72.8 Å². The SMILES string of the molecule is CN1C(=O)C(CNC(=O)c2ccc(F)cc2)(NC(=O)c2ccc(F)cc2)c2ccccc21. The molecule has 3 aromatic rings. The molecule has 0 aromatic heterocycles. The normalized spacial score (nSPS) is 17.1. The van der Waals surface area contributed by atoms with Gasteiger partial charge in [0.2, 0.25) is 0 Å². The quantitative estimate of drug-likeness (QED) is 0.647. The van der Waals surface area contributed by atoms with Crippen LogP contribution in [0.1, 0.15) is 26.3 Å². The number of nitrogens with zero attached hydrogens (tertiary/aromatic N) is 1. The molecule has 0 aliphatic carbocycles. The number of anilines is 1. The molecule has 2 N–H and O–H groups in total. The second-order valence-corrected chi connectivity index (χ2v) is 7.44. The van der Waals surface area contributed by atoms with Crippen LogP contribution in [0.25, 0.3) is 0 Å². The molecule has 0 saturated heterocycles. The lowest BCUT2D eigenvalue weighted by atomic mass is 9.90. The van der Waals surface area contributed by atoms with Gasteiger partial charge in [0.1, 0.15) is 11.6 Å². The van der Waals surface area contributed by atoms with Gasteiger partial charge in [0.25, 0.3) is 17.7 Å². The van der Waals surface area contributed by atoms with Crippen molar-refractivity contribution in [2.24, 2.45) is 0 Å². The predicted molar refractivity (Wildman–Crippen MR) is 114 cm³/mol. The van der Waals surface area contributed by atoms with Crippen LogP contribution < -0.4 is 15.5 Å². The number of hydrogen-bond acceptors (Lipinski definition) is 3. The molecule has 0 fully saturated rings. The highest BCUT2D eigenvalue weighted by atomic mass is 19.1. The van der Waals surface area contributed by atoms with E-state index in [0.717, 1.165) is 24.3 Å². The monoisotopic (exact) mass is 435 g/mol. The van der Waals surface area contributed by atoms with Crippen LogP contribution in [-0.2, 0) is 10.3 Å². The molecule has 3 aromatic carbocycles. The van der Waals surface area contributed by atoms with E-state index in [0.29, 0.717) is 11.3 Å². The number of nitrogens with one attached hydrogen (secondary N) is 2. The van der Waals surface area contributed by atoms with Gasteiger partial charge < -0.3 is 15.5 Å². The Labute approximate surface area is 182 Å². The molecule has 1 aliphatic rings. The molecule has 0 bridgehead atoms. The summed E-state index contributed by atoms with van der Waals surface area (Å²) in [5.41, 5.74) is -0.101. The van der Waals surface area contributed by atoms with Crippen LogP contribution in [0.2, 0.25) is 0 Å². The zero-order valence-corrected chi connectivity index (χ0v) is 17.1. The lowest BCUT2D eigenvalue weighted by Gasteiger charge is -2.30. The number of amides is 3. The molecule has 32 heavy (non-hydrogen) atoms. The van der Waals surface area contributed by atoms with Crippen LogP contribution in [0.4, 0.5) is 14.5 Å². The maximum atomic E-state index is 13.3. The largest absolute Gasteiger partial charge is 0.349 e. The third kappa shape index (κ3) is 3.71.